The Morgan fingerprint density at radius 2 is 1.89 bits per heavy atom. The lowest BCUT2D eigenvalue weighted by atomic mass is 10.1. The zero-order valence-corrected chi connectivity index (χ0v) is 10.4. The molecule has 1 aromatic heterocycles. The van der Waals surface area contributed by atoms with Gasteiger partial charge in [0.15, 0.2) is 5.78 Å². The molecule has 0 bridgehead atoms. The quantitative estimate of drug-likeness (QED) is 0.712. The average molecular weight is 252 g/mol. The van der Waals surface area contributed by atoms with Crippen molar-refractivity contribution in [3.63, 3.8) is 0 Å². The minimum absolute atomic E-state index is 0.0188. The standard InChI is InChI=1S/C15H12N2O2/c1-10(18)11-5-4-6-12(9-11)17-14-8-3-2-7-13(14)16-15(17)19/h2-9H,1H3,(H,16,19). The number of hydrogen-bond donors (Lipinski definition) is 1. The second-order valence-electron chi connectivity index (χ2n) is 4.39. The van der Waals surface area contributed by atoms with Gasteiger partial charge in [0.2, 0.25) is 0 Å². The van der Waals surface area contributed by atoms with Crippen molar-refractivity contribution in [2.45, 2.75) is 6.92 Å². The lowest BCUT2D eigenvalue weighted by Crippen LogP contribution is -2.14. The van der Waals surface area contributed by atoms with Crippen molar-refractivity contribution >= 4 is 16.8 Å². The molecular formula is C15H12N2O2. The van der Waals surface area contributed by atoms with Crippen LogP contribution in [0.25, 0.3) is 16.7 Å². The second kappa shape index (κ2) is 4.24. The molecule has 1 N–H and O–H groups in total. The summed E-state index contributed by atoms with van der Waals surface area (Å²) in [6.07, 6.45) is 0. The normalized spacial score (nSPS) is 10.8. The van der Waals surface area contributed by atoms with Gasteiger partial charge >= 0.3 is 5.69 Å². The Balaban J connectivity index is 2.30. The molecule has 0 saturated carbocycles. The first-order valence-corrected chi connectivity index (χ1v) is 5.98. The predicted molar refractivity (Wildman–Crippen MR) is 73.9 cm³/mol. The molecular weight excluding hydrogens is 240 g/mol. The highest BCUT2D eigenvalue weighted by Gasteiger charge is 2.09. The van der Waals surface area contributed by atoms with Gasteiger partial charge in [0.1, 0.15) is 0 Å². The molecule has 3 aromatic rings. The fourth-order valence-electron chi connectivity index (χ4n) is 2.18. The van der Waals surface area contributed by atoms with Crippen LogP contribution < -0.4 is 5.69 Å². The lowest BCUT2D eigenvalue weighted by Gasteiger charge is -2.04. The fraction of sp³-hybridized carbons (Fsp3) is 0.0667. The Labute approximate surface area is 109 Å². The number of para-hydroxylation sites is 2. The molecule has 19 heavy (non-hydrogen) atoms. The Hall–Kier alpha value is -2.62. The summed E-state index contributed by atoms with van der Waals surface area (Å²) >= 11 is 0. The van der Waals surface area contributed by atoms with Crippen LogP contribution in [0.4, 0.5) is 0 Å². The smallest absolute Gasteiger partial charge is 0.305 e. The van der Waals surface area contributed by atoms with E-state index in [-0.39, 0.29) is 11.5 Å². The molecule has 0 unspecified atom stereocenters. The third-order valence-corrected chi connectivity index (χ3v) is 3.10. The van der Waals surface area contributed by atoms with E-state index >= 15 is 0 Å². The number of ketones is 1. The fourth-order valence-corrected chi connectivity index (χ4v) is 2.18. The first kappa shape index (κ1) is 11.5. The molecule has 4 nitrogen and oxygen atoms in total. The maximum atomic E-state index is 12.0. The molecule has 0 aliphatic rings. The monoisotopic (exact) mass is 252 g/mol. The molecule has 0 aliphatic heterocycles. The zero-order chi connectivity index (χ0) is 13.4. The second-order valence-corrected chi connectivity index (χ2v) is 4.39. The van der Waals surface area contributed by atoms with Crippen molar-refractivity contribution in [2.75, 3.05) is 0 Å². The van der Waals surface area contributed by atoms with E-state index in [1.54, 1.807) is 22.8 Å². The van der Waals surface area contributed by atoms with Crippen LogP contribution >= 0.6 is 0 Å². The van der Waals surface area contributed by atoms with Crippen LogP contribution in [0.15, 0.2) is 53.3 Å². The maximum Gasteiger partial charge on any atom is 0.331 e. The highest BCUT2D eigenvalue weighted by atomic mass is 16.1. The van der Waals surface area contributed by atoms with Crippen LogP contribution in [0.2, 0.25) is 0 Å². The predicted octanol–water partition coefficient (Wildman–Crippen LogP) is 2.52. The van der Waals surface area contributed by atoms with Crippen molar-refractivity contribution in [3.8, 4) is 5.69 Å². The molecule has 94 valence electrons. The molecule has 3 rings (SSSR count). The number of aromatic amines is 1. The summed E-state index contributed by atoms with van der Waals surface area (Å²) in [7, 11) is 0. The summed E-state index contributed by atoms with van der Waals surface area (Å²) in [6.45, 7) is 1.51. The number of nitrogens with zero attached hydrogens (tertiary/aromatic N) is 1. The highest BCUT2D eigenvalue weighted by Crippen LogP contribution is 2.16. The lowest BCUT2D eigenvalue weighted by molar-refractivity contribution is 0.101. The number of carbonyl (C=O) groups is 1. The third-order valence-electron chi connectivity index (χ3n) is 3.10. The van der Waals surface area contributed by atoms with Crippen molar-refractivity contribution in [1.82, 2.24) is 9.55 Å². The van der Waals surface area contributed by atoms with Gasteiger partial charge in [-0.2, -0.15) is 0 Å². The Kier molecular flexibility index (Phi) is 2.56. The van der Waals surface area contributed by atoms with E-state index in [1.807, 2.05) is 30.3 Å². The summed E-state index contributed by atoms with van der Waals surface area (Å²) in [4.78, 5) is 26.3. The van der Waals surface area contributed by atoms with Crippen LogP contribution in [0.5, 0.6) is 0 Å². The maximum absolute atomic E-state index is 12.0. The molecule has 4 heteroatoms. The van der Waals surface area contributed by atoms with Gasteiger partial charge in [-0.05, 0) is 31.2 Å². The van der Waals surface area contributed by atoms with E-state index in [2.05, 4.69) is 4.98 Å². The number of nitrogens with one attached hydrogen (secondary N) is 1. The van der Waals surface area contributed by atoms with Crippen LogP contribution in [0.1, 0.15) is 17.3 Å². The van der Waals surface area contributed by atoms with Gasteiger partial charge in [-0.15, -0.1) is 0 Å². The molecule has 0 fully saturated rings. The topological polar surface area (TPSA) is 54.9 Å². The summed E-state index contributed by atoms with van der Waals surface area (Å²) in [6, 6.07) is 14.5. The van der Waals surface area contributed by atoms with E-state index in [0.29, 0.717) is 11.3 Å². The average Bonchev–Trinajstić information content (AvgIpc) is 2.74. The Morgan fingerprint density at radius 3 is 2.68 bits per heavy atom. The molecule has 2 aromatic carbocycles. The number of rotatable bonds is 2. The van der Waals surface area contributed by atoms with Crippen molar-refractivity contribution in [1.29, 1.82) is 0 Å². The van der Waals surface area contributed by atoms with Gasteiger partial charge in [0.25, 0.3) is 0 Å². The first-order chi connectivity index (χ1) is 9.16. The number of Topliss-reactive ketones (excluding diaryl/α,β-unsaturated/α-hetero) is 1. The number of carbonyl (C=O) groups excluding carboxylic acids is 1. The van der Waals surface area contributed by atoms with Crippen molar-refractivity contribution in [3.05, 3.63) is 64.6 Å². The van der Waals surface area contributed by atoms with Gasteiger partial charge in [0, 0.05) is 5.56 Å². The number of H-pyrrole nitrogens is 1. The molecule has 0 amide bonds. The molecule has 0 saturated heterocycles. The summed E-state index contributed by atoms with van der Waals surface area (Å²) in [5.74, 6) is -0.0188. The van der Waals surface area contributed by atoms with Crippen molar-refractivity contribution < 1.29 is 4.79 Å². The van der Waals surface area contributed by atoms with Gasteiger partial charge in [0.05, 0.1) is 16.7 Å². The SMILES string of the molecule is CC(=O)c1cccc(-n2c(=O)[nH]c3ccccc32)c1. The van der Waals surface area contributed by atoms with Crippen LogP contribution in [0, 0.1) is 0 Å². The Morgan fingerprint density at radius 1 is 1.11 bits per heavy atom. The van der Waals surface area contributed by atoms with E-state index < -0.39 is 0 Å². The third kappa shape index (κ3) is 1.87. The van der Waals surface area contributed by atoms with Crippen LogP contribution in [-0.4, -0.2) is 15.3 Å². The first-order valence-electron chi connectivity index (χ1n) is 5.98. The number of aromatic nitrogens is 2. The summed E-state index contributed by atoms with van der Waals surface area (Å²) in [5, 5.41) is 0. The Bertz CT molecular complexity index is 827. The van der Waals surface area contributed by atoms with E-state index in [0.717, 1.165) is 11.0 Å². The largest absolute Gasteiger partial charge is 0.331 e. The number of imidazole rings is 1. The summed E-state index contributed by atoms with van der Waals surface area (Å²) in [5.41, 5.74) is 2.65. The molecule has 0 radical (unpaired) electrons. The number of benzene rings is 2. The van der Waals surface area contributed by atoms with Crippen LogP contribution in [-0.2, 0) is 0 Å². The molecule has 1 heterocycles. The van der Waals surface area contributed by atoms with E-state index in [1.165, 1.54) is 6.92 Å². The molecule has 0 aliphatic carbocycles. The van der Waals surface area contributed by atoms with Gasteiger partial charge < -0.3 is 4.98 Å². The van der Waals surface area contributed by atoms with Crippen molar-refractivity contribution in [2.24, 2.45) is 0 Å². The summed E-state index contributed by atoms with van der Waals surface area (Å²) < 4.78 is 1.57. The zero-order valence-electron chi connectivity index (χ0n) is 10.4. The van der Waals surface area contributed by atoms with Gasteiger partial charge in [-0.3, -0.25) is 9.36 Å². The number of fused-ring (bicyclic) bond motifs is 1. The molecule has 0 atom stereocenters. The van der Waals surface area contributed by atoms with Crippen LogP contribution in [0.3, 0.4) is 0 Å². The highest BCUT2D eigenvalue weighted by molar-refractivity contribution is 5.94. The minimum Gasteiger partial charge on any atom is -0.305 e. The number of hydrogen-bond acceptors (Lipinski definition) is 2. The van der Waals surface area contributed by atoms with E-state index in [4.69, 9.17) is 0 Å². The van der Waals surface area contributed by atoms with E-state index in [9.17, 15) is 9.59 Å². The van der Waals surface area contributed by atoms with Gasteiger partial charge in [-0.25, -0.2) is 4.79 Å². The van der Waals surface area contributed by atoms with Gasteiger partial charge in [-0.1, -0.05) is 24.3 Å². The minimum atomic E-state index is -0.207. The molecule has 0 spiro atoms.